The predicted molar refractivity (Wildman–Crippen MR) is 109 cm³/mol. The van der Waals surface area contributed by atoms with Crippen molar-refractivity contribution in [1.29, 1.82) is 0 Å². The summed E-state index contributed by atoms with van der Waals surface area (Å²) in [5.41, 5.74) is 0.300. The first-order valence-electron chi connectivity index (χ1n) is 9.86. The molecule has 1 aromatic heterocycles. The van der Waals surface area contributed by atoms with Crippen LogP contribution in [-0.2, 0) is 9.47 Å². The Bertz CT molecular complexity index is 870. The van der Waals surface area contributed by atoms with Crippen LogP contribution in [0.2, 0.25) is 0 Å². The summed E-state index contributed by atoms with van der Waals surface area (Å²) in [5.74, 6) is 0.334. The van der Waals surface area contributed by atoms with Gasteiger partial charge in [-0.1, -0.05) is 6.07 Å². The Morgan fingerprint density at radius 2 is 2.07 bits per heavy atom. The average Bonchev–Trinajstić information content (AvgIpc) is 2.70. The highest BCUT2D eigenvalue weighted by molar-refractivity contribution is 5.68. The van der Waals surface area contributed by atoms with E-state index in [2.05, 4.69) is 15.3 Å². The number of hydrogen-bond acceptors (Lipinski definition) is 7. The van der Waals surface area contributed by atoms with Crippen LogP contribution in [-0.4, -0.2) is 52.9 Å². The first-order valence-corrected chi connectivity index (χ1v) is 9.86. The minimum Gasteiger partial charge on any atom is -0.491 e. The number of morpholine rings is 1. The Morgan fingerprint density at radius 1 is 1.33 bits per heavy atom. The topological polar surface area (TPSA) is 85.8 Å². The minimum atomic E-state index is -0.576. The fourth-order valence-corrected chi connectivity index (χ4v) is 2.92. The molecule has 1 aromatic carbocycles. The molecule has 3 rings (SSSR count). The van der Waals surface area contributed by atoms with Crippen LogP contribution in [0, 0.1) is 5.82 Å². The lowest BCUT2D eigenvalue weighted by atomic mass is 10.1. The molecule has 30 heavy (non-hydrogen) atoms. The van der Waals surface area contributed by atoms with Crippen molar-refractivity contribution in [3.63, 3.8) is 0 Å². The van der Waals surface area contributed by atoms with E-state index < -0.39 is 23.6 Å². The normalized spacial score (nSPS) is 16.8. The molecule has 1 aliphatic rings. The third-order valence-electron chi connectivity index (χ3n) is 4.27. The van der Waals surface area contributed by atoms with Gasteiger partial charge in [-0.25, -0.2) is 19.2 Å². The van der Waals surface area contributed by atoms with Crippen molar-refractivity contribution in [2.24, 2.45) is 0 Å². The third kappa shape index (κ3) is 5.79. The van der Waals surface area contributed by atoms with Crippen molar-refractivity contribution in [1.82, 2.24) is 14.9 Å². The number of hydrogen-bond donors (Lipinski definition) is 1. The Kier molecular flexibility index (Phi) is 6.71. The summed E-state index contributed by atoms with van der Waals surface area (Å²) >= 11 is 0. The smallest absolute Gasteiger partial charge is 0.410 e. The minimum absolute atomic E-state index is 0.239. The van der Waals surface area contributed by atoms with Gasteiger partial charge in [0.2, 0.25) is 5.95 Å². The van der Waals surface area contributed by atoms with Crippen molar-refractivity contribution in [2.75, 3.05) is 31.6 Å². The van der Waals surface area contributed by atoms with Crippen LogP contribution in [0.25, 0.3) is 0 Å². The number of halogens is 1. The van der Waals surface area contributed by atoms with Crippen molar-refractivity contribution in [3.8, 4) is 5.75 Å². The molecule has 9 heteroatoms. The molecular formula is C21H27FN4O4. The van der Waals surface area contributed by atoms with Crippen molar-refractivity contribution in [3.05, 3.63) is 42.0 Å². The van der Waals surface area contributed by atoms with Gasteiger partial charge in [-0.05, 0) is 45.4 Å². The molecule has 1 N–H and O–H groups in total. The molecule has 162 valence electrons. The quantitative estimate of drug-likeness (QED) is 0.783. The lowest BCUT2D eigenvalue weighted by molar-refractivity contribution is -0.0433. The van der Waals surface area contributed by atoms with Gasteiger partial charge >= 0.3 is 6.09 Å². The van der Waals surface area contributed by atoms with Crippen LogP contribution in [0.4, 0.5) is 20.8 Å². The maximum atomic E-state index is 14.7. The molecule has 0 bridgehead atoms. The molecule has 0 spiro atoms. The van der Waals surface area contributed by atoms with Crippen LogP contribution >= 0.6 is 0 Å². The molecule has 2 heterocycles. The van der Waals surface area contributed by atoms with Crippen LogP contribution in [0.15, 0.2) is 30.6 Å². The van der Waals surface area contributed by atoms with Gasteiger partial charge in [-0.2, -0.15) is 0 Å². The van der Waals surface area contributed by atoms with Gasteiger partial charge in [0.05, 0.1) is 37.8 Å². The zero-order chi connectivity index (χ0) is 21.7. The summed E-state index contributed by atoms with van der Waals surface area (Å²) in [6.45, 7) is 8.91. The van der Waals surface area contributed by atoms with E-state index in [1.807, 2.05) is 27.7 Å². The van der Waals surface area contributed by atoms with Crippen LogP contribution < -0.4 is 10.1 Å². The second kappa shape index (κ2) is 9.25. The number of rotatable bonds is 5. The van der Waals surface area contributed by atoms with Gasteiger partial charge < -0.3 is 24.4 Å². The van der Waals surface area contributed by atoms with Crippen LogP contribution in [0.5, 0.6) is 5.75 Å². The van der Waals surface area contributed by atoms with E-state index in [4.69, 9.17) is 14.2 Å². The number of carbonyl (C=O) groups excluding carboxylic acids is 1. The second-order valence-electron chi connectivity index (χ2n) is 7.83. The van der Waals surface area contributed by atoms with Gasteiger partial charge in [0, 0.05) is 6.54 Å². The average molecular weight is 418 g/mol. The number of aromatic nitrogens is 2. The third-order valence-corrected chi connectivity index (χ3v) is 4.27. The Balaban J connectivity index is 1.66. The molecule has 0 aliphatic carbocycles. The fraction of sp³-hybridized carbons (Fsp3) is 0.476. The Morgan fingerprint density at radius 3 is 2.70 bits per heavy atom. The first kappa shape index (κ1) is 21.8. The van der Waals surface area contributed by atoms with E-state index in [1.165, 1.54) is 18.5 Å². The maximum Gasteiger partial charge on any atom is 0.410 e. The standard InChI is InChI=1S/C21H27FN4O4/c1-5-28-15-11-23-19(24-12-15)25-17-7-6-14(10-16(17)22)18-13-26(8-9-29-18)20(27)30-21(2,3)4/h6-7,10-12,18H,5,8-9,13H2,1-4H3,(H,23,24,25)/t18-/m1/s1. The van der Waals surface area contributed by atoms with Gasteiger partial charge in [0.1, 0.15) is 17.5 Å². The number of nitrogens with zero attached hydrogens (tertiary/aromatic N) is 3. The van der Waals surface area contributed by atoms with Gasteiger partial charge in [0.25, 0.3) is 0 Å². The van der Waals surface area contributed by atoms with Crippen molar-refractivity contribution < 1.29 is 23.4 Å². The SMILES string of the molecule is CCOc1cnc(Nc2ccc([C@H]3CN(C(=O)OC(C)(C)C)CCO3)cc2F)nc1. The lowest BCUT2D eigenvalue weighted by Crippen LogP contribution is -2.44. The highest BCUT2D eigenvalue weighted by Gasteiger charge is 2.29. The van der Waals surface area contributed by atoms with Crippen LogP contribution in [0.3, 0.4) is 0 Å². The zero-order valence-corrected chi connectivity index (χ0v) is 17.6. The lowest BCUT2D eigenvalue weighted by Gasteiger charge is -2.34. The molecular weight excluding hydrogens is 391 g/mol. The molecule has 1 saturated heterocycles. The molecule has 0 saturated carbocycles. The van der Waals surface area contributed by atoms with Crippen LogP contribution in [0.1, 0.15) is 39.4 Å². The molecule has 1 aliphatic heterocycles. The molecule has 1 atom stereocenters. The summed E-state index contributed by atoms with van der Waals surface area (Å²) in [5, 5.41) is 2.85. The monoisotopic (exact) mass is 418 g/mol. The van der Waals surface area contributed by atoms with E-state index in [1.54, 1.807) is 17.0 Å². The molecule has 1 amide bonds. The summed E-state index contributed by atoms with van der Waals surface area (Å²) < 4.78 is 31.1. The highest BCUT2D eigenvalue weighted by Crippen LogP contribution is 2.27. The van der Waals surface area contributed by atoms with E-state index in [-0.39, 0.29) is 11.6 Å². The molecule has 0 radical (unpaired) electrons. The predicted octanol–water partition coefficient (Wildman–Crippen LogP) is 4.07. The maximum absolute atomic E-state index is 14.7. The van der Waals surface area contributed by atoms with E-state index >= 15 is 0 Å². The van der Waals surface area contributed by atoms with E-state index in [0.29, 0.717) is 37.6 Å². The molecule has 2 aromatic rings. The van der Waals surface area contributed by atoms with E-state index in [9.17, 15) is 9.18 Å². The largest absolute Gasteiger partial charge is 0.491 e. The van der Waals surface area contributed by atoms with Crippen molar-refractivity contribution in [2.45, 2.75) is 39.4 Å². The first-order chi connectivity index (χ1) is 14.2. The Hall–Kier alpha value is -2.94. The molecule has 0 unspecified atom stereocenters. The summed E-state index contributed by atoms with van der Waals surface area (Å²) in [7, 11) is 0. The Labute approximate surface area is 175 Å². The summed E-state index contributed by atoms with van der Waals surface area (Å²) in [4.78, 5) is 22.1. The number of benzene rings is 1. The number of nitrogens with one attached hydrogen (secondary N) is 1. The number of carbonyl (C=O) groups is 1. The summed E-state index contributed by atoms with van der Waals surface area (Å²) in [6, 6.07) is 4.74. The number of amides is 1. The number of anilines is 2. The fourth-order valence-electron chi connectivity index (χ4n) is 2.92. The zero-order valence-electron chi connectivity index (χ0n) is 17.6. The van der Waals surface area contributed by atoms with Gasteiger partial charge in [0.15, 0.2) is 5.75 Å². The van der Waals surface area contributed by atoms with Crippen molar-refractivity contribution >= 4 is 17.7 Å². The number of ether oxygens (including phenoxy) is 3. The highest BCUT2D eigenvalue weighted by atomic mass is 19.1. The van der Waals surface area contributed by atoms with Gasteiger partial charge in [-0.15, -0.1) is 0 Å². The van der Waals surface area contributed by atoms with Gasteiger partial charge in [-0.3, -0.25) is 0 Å². The second-order valence-corrected chi connectivity index (χ2v) is 7.83. The van der Waals surface area contributed by atoms with E-state index in [0.717, 1.165) is 0 Å². The summed E-state index contributed by atoms with van der Waals surface area (Å²) in [6.07, 6.45) is 2.21. The molecule has 8 nitrogen and oxygen atoms in total. The molecule has 1 fully saturated rings.